The van der Waals surface area contributed by atoms with Gasteiger partial charge in [0, 0.05) is 6.20 Å². The summed E-state index contributed by atoms with van der Waals surface area (Å²) in [6.07, 6.45) is 3.27. The first kappa shape index (κ1) is 21.7. The summed E-state index contributed by atoms with van der Waals surface area (Å²) in [6.45, 7) is 0.158. The van der Waals surface area contributed by atoms with E-state index in [4.69, 9.17) is 4.74 Å². The van der Waals surface area contributed by atoms with Gasteiger partial charge in [0.05, 0.1) is 41.5 Å². The Morgan fingerprint density at radius 1 is 0.882 bits per heavy atom. The number of sulfonamides is 1. The number of benzene rings is 3. The van der Waals surface area contributed by atoms with Crippen molar-refractivity contribution in [2.45, 2.75) is 11.4 Å². The van der Waals surface area contributed by atoms with E-state index >= 15 is 0 Å². The maximum atomic E-state index is 13.9. The Morgan fingerprint density at radius 3 is 2.24 bits per heavy atom. The van der Waals surface area contributed by atoms with E-state index in [2.05, 4.69) is 10.1 Å². The van der Waals surface area contributed by atoms with Crippen LogP contribution in [-0.4, -0.2) is 30.3 Å². The molecule has 3 aromatic carbocycles. The molecule has 7 nitrogen and oxygen atoms in total. The molecule has 0 radical (unpaired) electrons. The fraction of sp³-hybridized carbons (Fsp3) is 0.0769. The third-order valence-corrected chi connectivity index (χ3v) is 7.31. The number of hydrogen-bond acceptors (Lipinski definition) is 5. The SMILES string of the molecule is COc1ccc(S(=O)(=O)N(Cc2ccccc2)c2ccnc3c2cnn3-c2ccccc2)cc1. The fourth-order valence-corrected chi connectivity index (χ4v) is 5.29. The zero-order valence-electron chi connectivity index (χ0n) is 18.4. The summed E-state index contributed by atoms with van der Waals surface area (Å²) in [5.41, 5.74) is 2.79. The van der Waals surface area contributed by atoms with E-state index in [1.54, 1.807) is 54.5 Å². The van der Waals surface area contributed by atoms with Crippen LogP contribution in [-0.2, 0) is 16.6 Å². The van der Waals surface area contributed by atoms with Gasteiger partial charge in [-0.05, 0) is 48.0 Å². The maximum absolute atomic E-state index is 13.9. The number of aromatic nitrogens is 3. The number of anilines is 1. The zero-order valence-corrected chi connectivity index (χ0v) is 19.3. The molecule has 2 aromatic heterocycles. The van der Waals surface area contributed by atoms with Crippen LogP contribution in [0.5, 0.6) is 5.75 Å². The molecule has 2 heterocycles. The number of methoxy groups -OCH3 is 1. The van der Waals surface area contributed by atoms with Crippen molar-refractivity contribution >= 4 is 26.7 Å². The monoisotopic (exact) mass is 470 g/mol. The Balaban J connectivity index is 1.67. The highest BCUT2D eigenvalue weighted by molar-refractivity contribution is 7.92. The molecule has 0 N–H and O–H groups in total. The second-order valence-corrected chi connectivity index (χ2v) is 9.49. The molecule has 8 heteroatoms. The highest BCUT2D eigenvalue weighted by Gasteiger charge is 2.28. The Hall–Kier alpha value is -4.17. The molecule has 0 aliphatic rings. The molecule has 5 rings (SSSR count). The quantitative estimate of drug-likeness (QED) is 0.341. The molecule has 0 saturated carbocycles. The molecule has 0 spiro atoms. The summed E-state index contributed by atoms with van der Waals surface area (Å²) in [6, 6.07) is 27.2. The summed E-state index contributed by atoms with van der Waals surface area (Å²) in [7, 11) is -2.37. The lowest BCUT2D eigenvalue weighted by atomic mass is 10.2. The lowest BCUT2D eigenvalue weighted by Gasteiger charge is -2.25. The minimum absolute atomic E-state index is 0.158. The first-order valence-electron chi connectivity index (χ1n) is 10.7. The normalized spacial score (nSPS) is 11.4. The number of pyridine rings is 1. The molecule has 0 fully saturated rings. The van der Waals surface area contributed by atoms with Gasteiger partial charge in [0.1, 0.15) is 5.75 Å². The van der Waals surface area contributed by atoms with Crippen LogP contribution in [0, 0.1) is 0 Å². The van der Waals surface area contributed by atoms with Crippen LogP contribution in [0.2, 0.25) is 0 Å². The van der Waals surface area contributed by atoms with Gasteiger partial charge in [-0.1, -0.05) is 48.5 Å². The smallest absolute Gasteiger partial charge is 0.264 e. The van der Waals surface area contributed by atoms with Crippen LogP contribution in [0.15, 0.2) is 108 Å². The van der Waals surface area contributed by atoms with E-state index in [0.29, 0.717) is 22.5 Å². The fourth-order valence-electron chi connectivity index (χ4n) is 3.81. The second-order valence-electron chi connectivity index (χ2n) is 7.63. The van der Waals surface area contributed by atoms with Crippen LogP contribution in [0.1, 0.15) is 5.56 Å². The molecule has 5 aromatic rings. The van der Waals surface area contributed by atoms with Crippen LogP contribution >= 0.6 is 0 Å². The predicted octanol–water partition coefficient (Wildman–Crippen LogP) is 4.82. The molecule has 0 atom stereocenters. The molecular formula is C26H22N4O3S. The molecule has 0 bridgehead atoms. The molecule has 0 aliphatic heterocycles. The van der Waals surface area contributed by atoms with Gasteiger partial charge in [-0.15, -0.1) is 0 Å². The number of fused-ring (bicyclic) bond motifs is 1. The summed E-state index contributed by atoms with van der Waals surface area (Å²) in [4.78, 5) is 4.68. The highest BCUT2D eigenvalue weighted by Crippen LogP contribution is 2.33. The van der Waals surface area contributed by atoms with Crippen LogP contribution in [0.4, 0.5) is 5.69 Å². The Bertz CT molecular complexity index is 1520. The molecule has 0 unspecified atom stereocenters. The van der Waals surface area contributed by atoms with E-state index in [1.165, 1.54) is 4.31 Å². The van der Waals surface area contributed by atoms with Crippen LogP contribution in [0.3, 0.4) is 0 Å². The van der Waals surface area contributed by atoms with Crippen molar-refractivity contribution in [2.24, 2.45) is 0 Å². The van der Waals surface area contributed by atoms with Crippen LogP contribution < -0.4 is 9.04 Å². The average Bonchev–Trinajstić information content (AvgIpc) is 3.33. The number of para-hydroxylation sites is 1. The van der Waals surface area contributed by atoms with Gasteiger partial charge in [0.15, 0.2) is 5.65 Å². The maximum Gasteiger partial charge on any atom is 0.264 e. The van der Waals surface area contributed by atoms with Gasteiger partial charge in [0.2, 0.25) is 0 Å². The Morgan fingerprint density at radius 2 is 1.56 bits per heavy atom. The van der Waals surface area contributed by atoms with Crippen molar-refractivity contribution < 1.29 is 13.2 Å². The second kappa shape index (κ2) is 8.99. The molecule has 0 saturated heterocycles. The standard InChI is InChI=1S/C26H22N4O3S/c1-33-22-12-14-23(15-13-22)34(31,32)29(19-20-8-4-2-5-9-20)25-16-17-27-26-24(25)18-28-30(26)21-10-6-3-7-11-21/h2-18H,19H2,1H3. The number of ether oxygens (including phenoxy) is 1. The van der Waals surface area contributed by atoms with Crippen molar-refractivity contribution in [2.75, 3.05) is 11.4 Å². The minimum atomic E-state index is -3.91. The van der Waals surface area contributed by atoms with E-state index in [0.717, 1.165) is 11.3 Å². The van der Waals surface area contributed by atoms with Gasteiger partial charge >= 0.3 is 0 Å². The van der Waals surface area contributed by atoms with Gasteiger partial charge in [0.25, 0.3) is 10.0 Å². The van der Waals surface area contributed by atoms with Crippen molar-refractivity contribution in [3.63, 3.8) is 0 Å². The topological polar surface area (TPSA) is 77.3 Å². The minimum Gasteiger partial charge on any atom is -0.497 e. The highest BCUT2D eigenvalue weighted by atomic mass is 32.2. The summed E-state index contributed by atoms with van der Waals surface area (Å²) in [5.74, 6) is 0.587. The van der Waals surface area contributed by atoms with Crippen LogP contribution in [0.25, 0.3) is 16.7 Å². The molecule has 170 valence electrons. The predicted molar refractivity (Wildman–Crippen MR) is 132 cm³/mol. The third-order valence-electron chi connectivity index (χ3n) is 5.53. The third kappa shape index (κ3) is 3.99. The van der Waals surface area contributed by atoms with E-state index in [-0.39, 0.29) is 11.4 Å². The summed E-state index contributed by atoms with van der Waals surface area (Å²) < 4.78 is 36.1. The Kier molecular flexibility index (Phi) is 5.73. The summed E-state index contributed by atoms with van der Waals surface area (Å²) >= 11 is 0. The van der Waals surface area contributed by atoms with Crippen molar-refractivity contribution in [3.05, 3.63) is 109 Å². The van der Waals surface area contributed by atoms with Gasteiger partial charge in [-0.2, -0.15) is 5.10 Å². The van der Waals surface area contributed by atoms with E-state index in [9.17, 15) is 8.42 Å². The van der Waals surface area contributed by atoms with Gasteiger partial charge in [-0.25, -0.2) is 18.1 Å². The first-order valence-corrected chi connectivity index (χ1v) is 12.1. The average molecular weight is 471 g/mol. The molecular weight excluding hydrogens is 448 g/mol. The van der Waals surface area contributed by atoms with Crippen molar-refractivity contribution in [1.82, 2.24) is 14.8 Å². The van der Waals surface area contributed by atoms with Crippen molar-refractivity contribution in [3.8, 4) is 11.4 Å². The summed E-state index contributed by atoms with van der Waals surface area (Å²) in [5, 5.41) is 5.15. The number of nitrogens with zero attached hydrogens (tertiary/aromatic N) is 4. The molecule has 0 amide bonds. The van der Waals surface area contributed by atoms with Crippen molar-refractivity contribution in [1.29, 1.82) is 0 Å². The number of hydrogen-bond donors (Lipinski definition) is 0. The molecule has 0 aliphatic carbocycles. The van der Waals surface area contributed by atoms with Gasteiger partial charge < -0.3 is 4.74 Å². The molecule has 34 heavy (non-hydrogen) atoms. The van der Waals surface area contributed by atoms with E-state index < -0.39 is 10.0 Å². The lowest BCUT2D eigenvalue weighted by Crippen LogP contribution is -2.30. The van der Waals surface area contributed by atoms with E-state index in [1.807, 2.05) is 60.7 Å². The Labute approximate surface area is 197 Å². The van der Waals surface area contributed by atoms with Gasteiger partial charge in [-0.3, -0.25) is 4.31 Å². The lowest BCUT2D eigenvalue weighted by molar-refractivity contribution is 0.414. The number of rotatable bonds is 7. The first-order chi connectivity index (χ1) is 16.6. The zero-order chi connectivity index (χ0) is 23.5. The largest absolute Gasteiger partial charge is 0.497 e.